The Balaban J connectivity index is 2.17. The molecule has 0 unspecified atom stereocenters. The van der Waals surface area contributed by atoms with Crippen LogP contribution in [0.25, 0.3) is 5.69 Å². The molecule has 112 valence electrons. The summed E-state index contributed by atoms with van der Waals surface area (Å²) in [6, 6.07) is 7.95. The largest absolute Gasteiger partial charge is 0.464 e. The third-order valence-corrected chi connectivity index (χ3v) is 4.01. The van der Waals surface area contributed by atoms with Crippen LogP contribution in [-0.4, -0.2) is 31.2 Å². The van der Waals surface area contributed by atoms with E-state index in [1.807, 2.05) is 31.3 Å². The van der Waals surface area contributed by atoms with Gasteiger partial charge in [-0.3, -0.25) is 0 Å². The number of benzene rings is 1. The molecular weight excluding hydrogens is 280 g/mol. The summed E-state index contributed by atoms with van der Waals surface area (Å²) in [5.74, 6) is -0.559. The van der Waals surface area contributed by atoms with Crippen LogP contribution in [0.4, 0.5) is 11.4 Å². The third-order valence-electron chi connectivity index (χ3n) is 4.01. The molecule has 1 aromatic heterocycles. The lowest BCUT2D eigenvalue weighted by Gasteiger charge is -2.13. The summed E-state index contributed by atoms with van der Waals surface area (Å²) in [4.78, 5) is 14.2. The van der Waals surface area contributed by atoms with Crippen molar-refractivity contribution in [2.75, 3.05) is 31.3 Å². The van der Waals surface area contributed by atoms with E-state index in [0.717, 1.165) is 18.7 Å². The van der Waals surface area contributed by atoms with Gasteiger partial charge in [0.25, 0.3) is 0 Å². The maximum absolute atomic E-state index is 12.0. The highest BCUT2D eigenvalue weighted by Crippen LogP contribution is 2.31. The molecular formula is C16H16N4O2. The Labute approximate surface area is 128 Å². The van der Waals surface area contributed by atoms with Crippen molar-refractivity contribution in [3.8, 4) is 11.8 Å². The highest BCUT2D eigenvalue weighted by atomic mass is 16.5. The van der Waals surface area contributed by atoms with Crippen LogP contribution in [0.2, 0.25) is 0 Å². The SMILES string of the molecule is COC(=O)c1c(N)c(C#N)cn1-c1ccc2c(c1)CCN2C. The van der Waals surface area contributed by atoms with Gasteiger partial charge >= 0.3 is 5.97 Å². The molecule has 1 aliphatic heterocycles. The molecule has 0 radical (unpaired) electrons. The van der Waals surface area contributed by atoms with Gasteiger partial charge in [-0.25, -0.2) is 4.79 Å². The van der Waals surface area contributed by atoms with Crippen molar-refractivity contribution in [2.45, 2.75) is 6.42 Å². The maximum Gasteiger partial charge on any atom is 0.357 e. The first-order valence-electron chi connectivity index (χ1n) is 6.90. The number of likely N-dealkylation sites (N-methyl/N-ethyl adjacent to an activating group) is 1. The predicted octanol–water partition coefficient (Wildman–Crippen LogP) is 1.71. The summed E-state index contributed by atoms with van der Waals surface area (Å²) in [6.45, 7) is 0.972. The number of hydrogen-bond donors (Lipinski definition) is 1. The number of esters is 1. The van der Waals surface area contributed by atoms with Crippen molar-refractivity contribution in [2.24, 2.45) is 0 Å². The van der Waals surface area contributed by atoms with Crippen LogP contribution in [-0.2, 0) is 11.2 Å². The summed E-state index contributed by atoms with van der Waals surface area (Å²) >= 11 is 0. The lowest BCUT2D eigenvalue weighted by Crippen LogP contribution is -2.12. The zero-order valence-corrected chi connectivity index (χ0v) is 12.5. The number of aromatic nitrogens is 1. The van der Waals surface area contributed by atoms with Gasteiger partial charge in [0.2, 0.25) is 0 Å². The number of nitrogen functional groups attached to an aromatic ring is 1. The second-order valence-electron chi connectivity index (χ2n) is 5.26. The fraction of sp³-hybridized carbons (Fsp3) is 0.250. The van der Waals surface area contributed by atoms with E-state index < -0.39 is 5.97 Å². The van der Waals surface area contributed by atoms with E-state index in [1.165, 1.54) is 18.4 Å². The second-order valence-corrected chi connectivity index (χ2v) is 5.26. The quantitative estimate of drug-likeness (QED) is 0.853. The number of carbonyl (C=O) groups excluding carboxylic acids is 1. The Morgan fingerprint density at radius 1 is 1.45 bits per heavy atom. The topological polar surface area (TPSA) is 84.3 Å². The summed E-state index contributed by atoms with van der Waals surface area (Å²) in [5.41, 5.74) is 9.69. The number of hydrogen-bond acceptors (Lipinski definition) is 5. The number of nitrogens with zero attached hydrogens (tertiary/aromatic N) is 3. The fourth-order valence-corrected chi connectivity index (χ4v) is 2.82. The van der Waals surface area contributed by atoms with Crippen LogP contribution in [0, 0.1) is 11.3 Å². The minimum atomic E-state index is -0.559. The normalized spacial score (nSPS) is 12.9. The predicted molar refractivity (Wildman–Crippen MR) is 83.2 cm³/mol. The van der Waals surface area contributed by atoms with Crippen molar-refractivity contribution in [1.82, 2.24) is 4.57 Å². The number of methoxy groups -OCH3 is 1. The van der Waals surface area contributed by atoms with E-state index in [9.17, 15) is 4.79 Å². The molecule has 6 heteroatoms. The summed E-state index contributed by atoms with van der Waals surface area (Å²) in [6.07, 6.45) is 2.52. The van der Waals surface area contributed by atoms with Gasteiger partial charge < -0.3 is 19.9 Å². The average molecular weight is 296 g/mol. The molecule has 0 fully saturated rings. The molecule has 6 nitrogen and oxygen atoms in total. The molecule has 1 aromatic carbocycles. The Kier molecular flexibility index (Phi) is 3.26. The molecule has 0 spiro atoms. The fourth-order valence-electron chi connectivity index (χ4n) is 2.82. The van der Waals surface area contributed by atoms with Gasteiger partial charge in [-0.05, 0) is 30.2 Å². The van der Waals surface area contributed by atoms with Crippen molar-refractivity contribution < 1.29 is 9.53 Å². The molecule has 22 heavy (non-hydrogen) atoms. The van der Waals surface area contributed by atoms with Crippen LogP contribution in [0.5, 0.6) is 0 Å². The number of nitriles is 1. The van der Waals surface area contributed by atoms with Gasteiger partial charge in [-0.1, -0.05) is 0 Å². The van der Waals surface area contributed by atoms with Gasteiger partial charge in [-0.2, -0.15) is 5.26 Å². The molecule has 0 saturated carbocycles. The van der Waals surface area contributed by atoms with Gasteiger partial charge in [0.1, 0.15) is 6.07 Å². The van der Waals surface area contributed by atoms with E-state index in [0.29, 0.717) is 0 Å². The number of rotatable bonds is 2. The average Bonchev–Trinajstić information content (AvgIpc) is 3.07. The van der Waals surface area contributed by atoms with Crippen molar-refractivity contribution in [1.29, 1.82) is 5.26 Å². The number of nitrogens with two attached hydrogens (primary N) is 1. The highest BCUT2D eigenvalue weighted by molar-refractivity contribution is 5.96. The van der Waals surface area contributed by atoms with E-state index in [2.05, 4.69) is 4.90 Å². The zero-order chi connectivity index (χ0) is 15.9. The van der Waals surface area contributed by atoms with Crippen LogP contribution >= 0.6 is 0 Å². The first kappa shape index (κ1) is 14.0. The van der Waals surface area contributed by atoms with Crippen LogP contribution in [0.3, 0.4) is 0 Å². The Hall–Kier alpha value is -2.94. The molecule has 0 atom stereocenters. The first-order chi connectivity index (χ1) is 10.6. The second kappa shape index (κ2) is 5.11. The van der Waals surface area contributed by atoms with Gasteiger partial charge in [0.15, 0.2) is 5.69 Å². The van der Waals surface area contributed by atoms with Gasteiger partial charge in [0, 0.05) is 31.2 Å². The summed E-state index contributed by atoms with van der Waals surface area (Å²) in [5, 5.41) is 9.15. The standard InChI is InChI=1S/C16H16N4O2/c1-19-6-5-10-7-12(3-4-13(10)19)20-9-11(8-17)14(18)15(20)16(21)22-2/h3-4,7,9H,5-6,18H2,1-2H3. The van der Waals surface area contributed by atoms with Crippen LogP contribution in [0.15, 0.2) is 24.4 Å². The van der Waals surface area contributed by atoms with E-state index in [-0.39, 0.29) is 16.9 Å². The summed E-state index contributed by atoms with van der Waals surface area (Å²) < 4.78 is 6.41. The van der Waals surface area contributed by atoms with Crippen LogP contribution < -0.4 is 10.6 Å². The van der Waals surface area contributed by atoms with Gasteiger partial charge in [-0.15, -0.1) is 0 Å². The molecule has 0 bridgehead atoms. The maximum atomic E-state index is 12.0. The molecule has 2 heterocycles. The lowest BCUT2D eigenvalue weighted by molar-refractivity contribution is 0.0593. The monoisotopic (exact) mass is 296 g/mol. The molecule has 2 aromatic rings. The molecule has 0 saturated heterocycles. The molecule has 2 N–H and O–H groups in total. The third kappa shape index (κ3) is 1.99. The molecule has 0 amide bonds. The van der Waals surface area contributed by atoms with Gasteiger partial charge in [0.05, 0.1) is 18.4 Å². The van der Waals surface area contributed by atoms with Crippen molar-refractivity contribution >= 4 is 17.3 Å². The van der Waals surface area contributed by atoms with Crippen LogP contribution in [0.1, 0.15) is 21.6 Å². The number of anilines is 2. The minimum absolute atomic E-state index is 0.145. The van der Waals surface area contributed by atoms with E-state index >= 15 is 0 Å². The van der Waals surface area contributed by atoms with Crippen molar-refractivity contribution in [3.63, 3.8) is 0 Å². The minimum Gasteiger partial charge on any atom is -0.464 e. The zero-order valence-electron chi connectivity index (χ0n) is 12.5. The molecule has 3 rings (SSSR count). The lowest BCUT2D eigenvalue weighted by atomic mass is 10.1. The highest BCUT2D eigenvalue weighted by Gasteiger charge is 2.23. The molecule has 0 aliphatic carbocycles. The first-order valence-corrected chi connectivity index (χ1v) is 6.90. The van der Waals surface area contributed by atoms with E-state index in [1.54, 1.807) is 10.8 Å². The van der Waals surface area contributed by atoms with E-state index in [4.69, 9.17) is 15.7 Å². The Morgan fingerprint density at radius 3 is 2.91 bits per heavy atom. The Morgan fingerprint density at radius 2 is 2.23 bits per heavy atom. The summed E-state index contributed by atoms with van der Waals surface area (Å²) in [7, 11) is 3.34. The Bertz CT molecular complexity index is 801. The molecule has 1 aliphatic rings. The van der Waals surface area contributed by atoms with Crippen molar-refractivity contribution in [3.05, 3.63) is 41.2 Å². The number of fused-ring (bicyclic) bond motifs is 1. The number of carbonyl (C=O) groups is 1. The smallest absolute Gasteiger partial charge is 0.357 e. The number of ether oxygens (including phenoxy) is 1.